The van der Waals surface area contributed by atoms with E-state index in [1.54, 1.807) is 24.3 Å². The second kappa shape index (κ2) is 7.83. The normalized spacial score (nSPS) is 15.3. The summed E-state index contributed by atoms with van der Waals surface area (Å²) in [5.41, 5.74) is 1.35. The summed E-state index contributed by atoms with van der Waals surface area (Å²) in [7, 11) is 0. The van der Waals surface area contributed by atoms with Crippen molar-refractivity contribution >= 4 is 34.8 Å². The van der Waals surface area contributed by atoms with Crippen molar-refractivity contribution in [3.8, 4) is 11.5 Å². The van der Waals surface area contributed by atoms with Crippen molar-refractivity contribution < 1.29 is 19.4 Å². The lowest BCUT2D eigenvalue weighted by atomic mass is 10.1. The predicted molar refractivity (Wildman–Crippen MR) is 95.0 cm³/mol. The fourth-order valence-corrected chi connectivity index (χ4v) is 2.97. The second-order valence-electron chi connectivity index (χ2n) is 4.97. The molecule has 0 bridgehead atoms. The van der Waals surface area contributed by atoms with E-state index in [1.807, 2.05) is 6.92 Å². The number of amides is 2. The summed E-state index contributed by atoms with van der Waals surface area (Å²) in [4.78, 5) is 27.2. The van der Waals surface area contributed by atoms with Crippen LogP contribution in [-0.2, 0) is 16.0 Å². The van der Waals surface area contributed by atoms with Crippen LogP contribution >= 0.6 is 11.8 Å². The van der Waals surface area contributed by atoms with Crippen molar-refractivity contribution in [1.29, 1.82) is 0 Å². The highest BCUT2D eigenvalue weighted by Crippen LogP contribution is 2.35. The number of aliphatic imine (C=N–C) groups is 1. The number of amidine groups is 1. The molecular weight excluding hydrogens is 328 g/mol. The molecule has 24 heavy (non-hydrogen) atoms. The average molecular weight is 346 g/mol. The Balaban J connectivity index is 2.33. The molecule has 0 aliphatic carbocycles. The molecule has 1 aliphatic heterocycles. The van der Waals surface area contributed by atoms with Crippen LogP contribution in [0.1, 0.15) is 25.0 Å². The number of thioether (sulfide) groups is 1. The summed E-state index contributed by atoms with van der Waals surface area (Å²) in [6.07, 6.45) is 3.80. The first kappa shape index (κ1) is 17.8. The maximum atomic E-state index is 11.9. The molecular formula is C17H18N2O4S. The Morgan fingerprint density at radius 3 is 2.88 bits per heavy atom. The lowest BCUT2D eigenvalue weighted by Crippen LogP contribution is -2.23. The predicted octanol–water partition coefficient (Wildman–Crippen LogP) is 2.63. The number of nitrogens with zero attached hydrogens (tertiary/aromatic N) is 1. The summed E-state index contributed by atoms with van der Waals surface area (Å²) in [6.45, 7) is 7.25. The second-order valence-corrected chi connectivity index (χ2v) is 6.00. The molecule has 1 aromatic carbocycles. The smallest absolute Gasteiger partial charge is 0.286 e. The molecule has 0 fully saturated rings. The number of phenolic OH excluding ortho intramolecular Hbond substituents is 1. The minimum atomic E-state index is -0.417. The Hall–Kier alpha value is -2.54. The van der Waals surface area contributed by atoms with Gasteiger partial charge in [0.15, 0.2) is 16.7 Å². The zero-order valence-corrected chi connectivity index (χ0v) is 14.3. The fourth-order valence-electron chi connectivity index (χ4n) is 2.11. The standard InChI is InChI=1S/C17H18N2O4S/c1-4-6-12-7-11(8-13(15(12)21)23-5-2)9-14-16(22)19-17(24-14)18-10(3)20/h4,7-9,21H,1,5-6H2,2-3H3,(H,18,19,20,22)/b14-9+. The monoisotopic (exact) mass is 346 g/mol. The van der Waals surface area contributed by atoms with Crippen molar-refractivity contribution in [3.05, 3.63) is 40.8 Å². The Morgan fingerprint density at radius 1 is 1.50 bits per heavy atom. The molecule has 0 saturated carbocycles. The number of aromatic hydroxyl groups is 1. The van der Waals surface area contributed by atoms with E-state index in [2.05, 4.69) is 16.9 Å². The Labute approximate surface area is 144 Å². The van der Waals surface area contributed by atoms with Crippen LogP contribution in [0.25, 0.3) is 6.08 Å². The summed E-state index contributed by atoms with van der Waals surface area (Å²) >= 11 is 1.09. The molecule has 126 valence electrons. The first-order valence-corrected chi connectivity index (χ1v) is 8.16. The van der Waals surface area contributed by atoms with Gasteiger partial charge in [0, 0.05) is 12.5 Å². The minimum Gasteiger partial charge on any atom is -0.504 e. The van der Waals surface area contributed by atoms with Gasteiger partial charge in [0.1, 0.15) is 0 Å². The molecule has 0 unspecified atom stereocenters. The Morgan fingerprint density at radius 2 is 2.25 bits per heavy atom. The van der Waals surface area contributed by atoms with Crippen LogP contribution in [-0.4, -0.2) is 28.7 Å². The van der Waals surface area contributed by atoms with E-state index < -0.39 is 5.91 Å². The van der Waals surface area contributed by atoms with Crippen molar-refractivity contribution in [2.24, 2.45) is 4.99 Å². The topological polar surface area (TPSA) is 88.0 Å². The number of rotatable bonds is 5. The van der Waals surface area contributed by atoms with Crippen LogP contribution in [0.15, 0.2) is 34.7 Å². The number of ether oxygens (including phenoxy) is 1. The maximum absolute atomic E-state index is 11.9. The largest absolute Gasteiger partial charge is 0.504 e. The van der Waals surface area contributed by atoms with Gasteiger partial charge in [-0.05, 0) is 48.9 Å². The SMILES string of the molecule is C=CCc1cc(/C=C2/SC(NC(C)=O)=NC2=O)cc(OCC)c1O. The summed E-state index contributed by atoms with van der Waals surface area (Å²) in [6, 6.07) is 3.42. The van der Waals surface area contributed by atoms with E-state index in [4.69, 9.17) is 4.74 Å². The summed E-state index contributed by atoms with van der Waals surface area (Å²) in [5.74, 6) is -0.284. The number of hydrogen-bond donors (Lipinski definition) is 2. The summed E-state index contributed by atoms with van der Waals surface area (Å²) < 4.78 is 5.44. The van der Waals surface area contributed by atoms with Gasteiger partial charge in [-0.1, -0.05) is 6.08 Å². The zero-order chi connectivity index (χ0) is 17.7. The van der Waals surface area contributed by atoms with Gasteiger partial charge in [0.05, 0.1) is 11.5 Å². The van der Waals surface area contributed by atoms with E-state index in [9.17, 15) is 14.7 Å². The molecule has 6 nitrogen and oxygen atoms in total. The number of hydrogen-bond acceptors (Lipinski definition) is 5. The molecule has 0 radical (unpaired) electrons. The van der Waals surface area contributed by atoms with Gasteiger partial charge in [-0.15, -0.1) is 6.58 Å². The van der Waals surface area contributed by atoms with Gasteiger partial charge in [-0.2, -0.15) is 4.99 Å². The number of nitrogens with one attached hydrogen (secondary N) is 1. The lowest BCUT2D eigenvalue weighted by Gasteiger charge is -2.11. The summed E-state index contributed by atoms with van der Waals surface area (Å²) in [5, 5.41) is 12.9. The van der Waals surface area contributed by atoms with Gasteiger partial charge in [-0.25, -0.2) is 0 Å². The zero-order valence-electron chi connectivity index (χ0n) is 13.5. The molecule has 0 saturated heterocycles. The Bertz CT molecular complexity index is 753. The van der Waals surface area contributed by atoms with Crippen LogP contribution in [0.3, 0.4) is 0 Å². The van der Waals surface area contributed by atoms with E-state index >= 15 is 0 Å². The molecule has 1 heterocycles. The third kappa shape index (κ3) is 4.26. The maximum Gasteiger partial charge on any atom is 0.286 e. The third-order valence-corrected chi connectivity index (χ3v) is 3.94. The van der Waals surface area contributed by atoms with Gasteiger partial charge in [0.25, 0.3) is 5.91 Å². The highest BCUT2D eigenvalue weighted by atomic mass is 32.2. The van der Waals surface area contributed by atoms with E-state index in [0.29, 0.717) is 34.8 Å². The first-order chi connectivity index (χ1) is 11.4. The molecule has 1 aromatic rings. The molecule has 2 amide bonds. The minimum absolute atomic E-state index is 0.0690. The molecule has 1 aliphatic rings. The molecule has 7 heteroatoms. The van der Waals surface area contributed by atoms with Gasteiger partial charge in [0.2, 0.25) is 5.91 Å². The van der Waals surface area contributed by atoms with Crippen molar-refractivity contribution in [2.75, 3.05) is 6.61 Å². The first-order valence-electron chi connectivity index (χ1n) is 7.34. The average Bonchev–Trinajstić information content (AvgIpc) is 2.83. The van der Waals surface area contributed by atoms with Gasteiger partial charge in [-0.3, -0.25) is 9.59 Å². The van der Waals surface area contributed by atoms with Crippen molar-refractivity contribution in [2.45, 2.75) is 20.3 Å². The lowest BCUT2D eigenvalue weighted by molar-refractivity contribution is -0.117. The highest BCUT2D eigenvalue weighted by Gasteiger charge is 2.23. The van der Waals surface area contributed by atoms with E-state index in [0.717, 1.165) is 11.8 Å². The third-order valence-electron chi connectivity index (χ3n) is 3.04. The number of benzene rings is 1. The van der Waals surface area contributed by atoms with Crippen LogP contribution in [0.5, 0.6) is 11.5 Å². The number of allylic oxidation sites excluding steroid dienone is 1. The van der Waals surface area contributed by atoms with Crippen LogP contribution in [0, 0.1) is 0 Å². The van der Waals surface area contributed by atoms with Gasteiger partial charge < -0.3 is 15.2 Å². The van der Waals surface area contributed by atoms with Crippen molar-refractivity contribution in [1.82, 2.24) is 5.32 Å². The highest BCUT2D eigenvalue weighted by molar-refractivity contribution is 8.18. The van der Waals surface area contributed by atoms with Crippen molar-refractivity contribution in [3.63, 3.8) is 0 Å². The quantitative estimate of drug-likeness (QED) is 0.632. The Kier molecular flexibility index (Phi) is 5.81. The number of phenols is 1. The molecule has 2 N–H and O–H groups in total. The molecule has 0 atom stereocenters. The van der Waals surface area contributed by atoms with Crippen LogP contribution < -0.4 is 10.1 Å². The number of carbonyl (C=O) groups excluding carboxylic acids is 2. The number of carbonyl (C=O) groups is 2. The fraction of sp³-hybridized carbons (Fsp3) is 0.235. The molecule has 0 spiro atoms. The van der Waals surface area contributed by atoms with E-state index in [1.165, 1.54) is 6.92 Å². The molecule has 0 aromatic heterocycles. The van der Waals surface area contributed by atoms with Crippen LogP contribution in [0.4, 0.5) is 0 Å². The van der Waals surface area contributed by atoms with Crippen LogP contribution in [0.2, 0.25) is 0 Å². The molecule has 2 rings (SSSR count). The van der Waals surface area contributed by atoms with Gasteiger partial charge >= 0.3 is 0 Å². The van der Waals surface area contributed by atoms with E-state index in [-0.39, 0.29) is 16.8 Å².